The van der Waals surface area contributed by atoms with Crippen molar-refractivity contribution in [3.8, 4) is 0 Å². The molecule has 0 N–H and O–H groups in total. The molecule has 0 nitrogen and oxygen atoms in total. The van der Waals surface area contributed by atoms with Crippen LogP contribution in [0.2, 0.25) is 0 Å². The van der Waals surface area contributed by atoms with Crippen molar-refractivity contribution in [2.24, 2.45) is 11.8 Å². The van der Waals surface area contributed by atoms with Gasteiger partial charge in [-0.3, -0.25) is 0 Å². The molecule has 4 aromatic carbocycles. The van der Waals surface area contributed by atoms with Crippen molar-refractivity contribution < 1.29 is 0 Å². The first-order valence-electron chi connectivity index (χ1n) is 11.9. The monoisotopic (exact) mass is 462 g/mol. The zero-order valence-electron chi connectivity index (χ0n) is 18.6. The number of hydrogen-bond donors (Lipinski definition) is 0. The fourth-order valence-electron chi connectivity index (χ4n) is 5.80. The molecule has 0 heterocycles. The minimum Gasteiger partial charge on any atom is -0.0844 e. The number of benzene rings is 4. The summed E-state index contributed by atoms with van der Waals surface area (Å²) in [5.41, 5.74) is 1.32. The van der Waals surface area contributed by atoms with Gasteiger partial charge < -0.3 is 0 Å². The standard InChI is InChI=1S/C31H28P2/c1-5-13-26(14-6-1)32(27-15-7-2-8-16-27)30-24-21-22-25(23-24)31(30)33(28-17-9-3-10-18-28)29-19-11-4-12-20-29/h1-22,24-25,30-31H,23H2/t24?,25?,30-,31-/m1/s1. The highest BCUT2D eigenvalue weighted by Crippen LogP contribution is 2.64. The van der Waals surface area contributed by atoms with E-state index in [1.807, 2.05) is 0 Å². The highest BCUT2D eigenvalue weighted by atomic mass is 31.1. The van der Waals surface area contributed by atoms with Crippen LogP contribution >= 0.6 is 15.8 Å². The second-order valence-electron chi connectivity index (χ2n) is 9.01. The molecule has 0 radical (unpaired) electrons. The van der Waals surface area contributed by atoms with Crippen molar-refractivity contribution in [2.75, 3.05) is 0 Å². The van der Waals surface area contributed by atoms with Gasteiger partial charge in [0, 0.05) is 11.3 Å². The van der Waals surface area contributed by atoms with Crippen molar-refractivity contribution in [3.05, 3.63) is 133 Å². The van der Waals surface area contributed by atoms with Gasteiger partial charge in [0.15, 0.2) is 0 Å². The van der Waals surface area contributed by atoms with E-state index >= 15 is 0 Å². The van der Waals surface area contributed by atoms with Crippen LogP contribution in [0.5, 0.6) is 0 Å². The molecule has 162 valence electrons. The summed E-state index contributed by atoms with van der Waals surface area (Å²) in [6.45, 7) is 0. The predicted molar refractivity (Wildman–Crippen MR) is 146 cm³/mol. The Morgan fingerprint density at radius 2 is 0.667 bits per heavy atom. The Balaban J connectivity index is 1.52. The quantitative estimate of drug-likeness (QED) is 0.237. The average Bonchev–Trinajstić information content (AvgIpc) is 3.50. The third kappa shape index (κ3) is 4.01. The van der Waals surface area contributed by atoms with E-state index in [1.54, 1.807) is 0 Å². The van der Waals surface area contributed by atoms with Crippen LogP contribution < -0.4 is 21.2 Å². The van der Waals surface area contributed by atoms with Gasteiger partial charge in [0.1, 0.15) is 0 Å². The van der Waals surface area contributed by atoms with E-state index in [2.05, 4.69) is 133 Å². The van der Waals surface area contributed by atoms with Crippen molar-refractivity contribution >= 4 is 37.1 Å². The third-order valence-corrected chi connectivity index (χ3v) is 13.4. The van der Waals surface area contributed by atoms with Gasteiger partial charge in [0.2, 0.25) is 0 Å². The van der Waals surface area contributed by atoms with Crippen molar-refractivity contribution in [1.29, 1.82) is 0 Å². The molecule has 6 rings (SSSR count). The summed E-state index contributed by atoms with van der Waals surface area (Å²) in [6, 6.07) is 45.4. The first-order valence-corrected chi connectivity index (χ1v) is 14.7. The van der Waals surface area contributed by atoms with E-state index in [4.69, 9.17) is 0 Å². The fraction of sp³-hybridized carbons (Fsp3) is 0.161. The van der Waals surface area contributed by atoms with Crippen LogP contribution in [0, 0.1) is 11.8 Å². The van der Waals surface area contributed by atoms with Crippen LogP contribution in [0.4, 0.5) is 0 Å². The minimum absolute atomic E-state index is 0.454. The number of rotatable bonds is 6. The van der Waals surface area contributed by atoms with Gasteiger partial charge in [-0.2, -0.15) is 0 Å². The van der Waals surface area contributed by atoms with Gasteiger partial charge in [-0.05, 0) is 55.3 Å². The van der Waals surface area contributed by atoms with Gasteiger partial charge in [0.05, 0.1) is 0 Å². The first-order chi connectivity index (χ1) is 16.4. The van der Waals surface area contributed by atoms with E-state index in [-0.39, 0.29) is 0 Å². The molecule has 2 aliphatic rings. The highest BCUT2D eigenvalue weighted by Gasteiger charge is 2.51. The molecule has 2 heteroatoms. The Bertz CT molecular complexity index is 1030. The SMILES string of the molecule is C1=CC2CC1[C@@H](P(c1ccccc1)c1ccccc1)[C@@H]2P(c1ccccc1)c1ccccc1. The Hall–Kier alpha value is -2.52. The van der Waals surface area contributed by atoms with E-state index in [9.17, 15) is 0 Å². The zero-order valence-corrected chi connectivity index (χ0v) is 20.4. The second kappa shape index (κ2) is 9.38. The smallest absolute Gasteiger partial charge is 0.00137 e. The molecule has 1 fully saturated rings. The van der Waals surface area contributed by atoms with E-state index in [0.717, 1.165) is 0 Å². The third-order valence-electron chi connectivity index (χ3n) is 7.11. The molecule has 0 aliphatic heterocycles. The molecule has 1 saturated carbocycles. The second-order valence-corrected chi connectivity index (χ2v) is 13.7. The van der Waals surface area contributed by atoms with Crippen molar-refractivity contribution in [2.45, 2.75) is 17.7 Å². The summed E-state index contributed by atoms with van der Waals surface area (Å²) in [7, 11) is -0.909. The molecule has 33 heavy (non-hydrogen) atoms. The molecule has 0 saturated heterocycles. The van der Waals surface area contributed by atoms with Gasteiger partial charge in [0.25, 0.3) is 0 Å². The highest BCUT2D eigenvalue weighted by molar-refractivity contribution is 7.77. The maximum atomic E-state index is 2.55. The zero-order chi connectivity index (χ0) is 22.0. The normalized spacial score (nSPS) is 23.5. The number of hydrogen-bond acceptors (Lipinski definition) is 0. The lowest BCUT2D eigenvalue weighted by molar-refractivity contribution is 0.695. The van der Waals surface area contributed by atoms with Gasteiger partial charge in [-0.1, -0.05) is 133 Å². The lowest BCUT2D eigenvalue weighted by Gasteiger charge is -2.40. The summed E-state index contributed by atoms with van der Waals surface area (Å²) in [5, 5.41) is 6.08. The lowest BCUT2D eigenvalue weighted by Crippen LogP contribution is -2.37. The topological polar surface area (TPSA) is 0 Å². The van der Waals surface area contributed by atoms with E-state index in [1.165, 1.54) is 27.6 Å². The number of allylic oxidation sites excluding steroid dienone is 2. The van der Waals surface area contributed by atoms with Crippen LogP contribution in [0.3, 0.4) is 0 Å². The number of fused-ring (bicyclic) bond motifs is 2. The Labute approximate surface area is 199 Å². The van der Waals surface area contributed by atoms with Crippen LogP contribution in [0.1, 0.15) is 6.42 Å². The lowest BCUT2D eigenvalue weighted by atomic mass is 10.1. The minimum atomic E-state index is -0.454. The Morgan fingerprint density at radius 1 is 0.394 bits per heavy atom. The molecule has 0 aromatic heterocycles. The molecule has 0 amide bonds. The Kier molecular flexibility index (Phi) is 5.98. The van der Waals surface area contributed by atoms with Crippen LogP contribution in [0.15, 0.2) is 133 Å². The van der Waals surface area contributed by atoms with Gasteiger partial charge >= 0.3 is 0 Å². The molecular formula is C31H28P2. The summed E-state index contributed by atoms with van der Waals surface area (Å²) in [5.74, 6) is 1.34. The average molecular weight is 463 g/mol. The molecule has 2 bridgehead atoms. The Morgan fingerprint density at radius 3 is 0.939 bits per heavy atom. The van der Waals surface area contributed by atoms with Crippen molar-refractivity contribution in [3.63, 3.8) is 0 Å². The van der Waals surface area contributed by atoms with Crippen molar-refractivity contribution in [1.82, 2.24) is 0 Å². The maximum absolute atomic E-state index is 2.55. The fourth-order valence-corrected chi connectivity index (χ4v) is 12.8. The molecule has 4 atom stereocenters. The van der Waals surface area contributed by atoms with Crippen LogP contribution in [-0.2, 0) is 0 Å². The summed E-state index contributed by atoms with van der Waals surface area (Å²) in [6.07, 6.45) is 6.42. The largest absolute Gasteiger partial charge is 0.0844 e. The van der Waals surface area contributed by atoms with Gasteiger partial charge in [-0.15, -0.1) is 0 Å². The van der Waals surface area contributed by atoms with E-state index in [0.29, 0.717) is 23.2 Å². The first kappa shape index (κ1) is 21.0. The summed E-state index contributed by atoms with van der Waals surface area (Å²) < 4.78 is 0. The molecule has 4 aromatic rings. The van der Waals surface area contributed by atoms with Crippen LogP contribution in [-0.4, -0.2) is 11.3 Å². The maximum Gasteiger partial charge on any atom is 0.00137 e. The van der Waals surface area contributed by atoms with Gasteiger partial charge in [-0.25, -0.2) is 0 Å². The molecular weight excluding hydrogens is 434 g/mol. The molecule has 2 aliphatic carbocycles. The summed E-state index contributed by atoms with van der Waals surface area (Å²) in [4.78, 5) is 0. The molecule has 2 unspecified atom stereocenters. The predicted octanol–water partition coefficient (Wildman–Crippen LogP) is 6.20. The van der Waals surface area contributed by atoms with Crippen LogP contribution in [0.25, 0.3) is 0 Å². The summed E-state index contributed by atoms with van der Waals surface area (Å²) >= 11 is 0. The van der Waals surface area contributed by atoms with E-state index < -0.39 is 15.8 Å². The molecule has 0 spiro atoms.